The number of aromatic nitrogens is 2. The molecule has 1 aromatic carbocycles. The van der Waals surface area contributed by atoms with Crippen LogP contribution in [0.3, 0.4) is 0 Å². The van der Waals surface area contributed by atoms with Crippen molar-refractivity contribution in [1.82, 2.24) is 9.97 Å². The van der Waals surface area contributed by atoms with Crippen LogP contribution in [0, 0.1) is 20.8 Å². The number of carbonyl (C=O) groups is 1. The van der Waals surface area contributed by atoms with Crippen LogP contribution in [0.2, 0.25) is 5.15 Å². The molecule has 0 radical (unpaired) electrons. The van der Waals surface area contributed by atoms with Crippen LogP contribution in [0.5, 0.6) is 0 Å². The van der Waals surface area contributed by atoms with Crippen LogP contribution in [-0.2, 0) is 0 Å². The predicted octanol–water partition coefficient (Wildman–Crippen LogP) is 3.53. The van der Waals surface area contributed by atoms with Gasteiger partial charge in [-0.05, 0) is 32.4 Å². The molecule has 0 aliphatic carbocycles. The van der Waals surface area contributed by atoms with E-state index >= 15 is 0 Å². The van der Waals surface area contributed by atoms with Crippen molar-refractivity contribution in [3.63, 3.8) is 0 Å². The second-order valence-corrected chi connectivity index (χ2v) is 4.62. The first-order valence-corrected chi connectivity index (χ1v) is 5.97. The monoisotopic (exact) mass is 260 g/mol. The minimum absolute atomic E-state index is 0.202. The Kier molecular flexibility index (Phi) is 3.43. The quantitative estimate of drug-likeness (QED) is 0.613. The van der Waals surface area contributed by atoms with E-state index in [0.29, 0.717) is 23.4 Å². The van der Waals surface area contributed by atoms with Gasteiger partial charge in [-0.15, -0.1) is 0 Å². The zero-order valence-corrected chi connectivity index (χ0v) is 11.2. The zero-order valence-electron chi connectivity index (χ0n) is 10.5. The molecule has 0 bridgehead atoms. The fourth-order valence-corrected chi connectivity index (χ4v) is 2.10. The van der Waals surface area contributed by atoms with E-state index < -0.39 is 0 Å². The van der Waals surface area contributed by atoms with Gasteiger partial charge in [-0.2, -0.15) is 0 Å². The molecule has 0 fully saturated rings. The Morgan fingerprint density at radius 3 is 2.56 bits per heavy atom. The van der Waals surface area contributed by atoms with Crippen molar-refractivity contribution in [3.8, 4) is 11.3 Å². The predicted molar refractivity (Wildman–Crippen MR) is 72.1 cm³/mol. The standard InChI is InChI=1S/C14H13ClN2O/c1-8-4-5-9(2)11(6-8)13-12(7-18)14(15)17-10(3)16-13/h4-7H,1-3H3. The SMILES string of the molecule is Cc1ccc(C)c(-c2nc(C)nc(Cl)c2C=O)c1. The first kappa shape index (κ1) is 12.7. The highest BCUT2D eigenvalue weighted by Gasteiger charge is 2.14. The third-order valence-electron chi connectivity index (χ3n) is 2.78. The maximum absolute atomic E-state index is 11.2. The number of halogens is 1. The molecule has 1 heterocycles. The van der Waals surface area contributed by atoms with Crippen molar-refractivity contribution in [2.75, 3.05) is 0 Å². The van der Waals surface area contributed by atoms with E-state index in [4.69, 9.17) is 11.6 Å². The van der Waals surface area contributed by atoms with Crippen molar-refractivity contribution in [2.45, 2.75) is 20.8 Å². The van der Waals surface area contributed by atoms with Gasteiger partial charge in [0.15, 0.2) is 6.29 Å². The summed E-state index contributed by atoms with van der Waals surface area (Å²) in [6.07, 6.45) is 0.707. The lowest BCUT2D eigenvalue weighted by Crippen LogP contribution is -2.00. The third kappa shape index (κ3) is 2.27. The average molecular weight is 261 g/mol. The summed E-state index contributed by atoms with van der Waals surface area (Å²) in [6, 6.07) is 6.03. The van der Waals surface area contributed by atoms with E-state index in [1.165, 1.54) is 0 Å². The van der Waals surface area contributed by atoms with E-state index in [2.05, 4.69) is 9.97 Å². The Morgan fingerprint density at radius 2 is 1.89 bits per heavy atom. The second-order valence-electron chi connectivity index (χ2n) is 4.26. The van der Waals surface area contributed by atoms with E-state index in [1.54, 1.807) is 6.92 Å². The zero-order chi connectivity index (χ0) is 13.3. The second kappa shape index (κ2) is 4.86. The Labute approximate surface area is 111 Å². The first-order chi connectivity index (χ1) is 8.52. The number of aryl methyl sites for hydroxylation is 3. The molecule has 1 aromatic heterocycles. The average Bonchev–Trinajstić information content (AvgIpc) is 2.31. The summed E-state index contributed by atoms with van der Waals surface area (Å²) in [6.45, 7) is 5.74. The molecule has 2 rings (SSSR count). The van der Waals surface area contributed by atoms with Gasteiger partial charge in [-0.3, -0.25) is 4.79 Å². The summed E-state index contributed by atoms with van der Waals surface area (Å²) < 4.78 is 0. The minimum atomic E-state index is 0.202. The van der Waals surface area contributed by atoms with Crippen molar-refractivity contribution in [3.05, 3.63) is 45.9 Å². The van der Waals surface area contributed by atoms with Gasteiger partial charge >= 0.3 is 0 Å². The van der Waals surface area contributed by atoms with Crippen LogP contribution in [-0.4, -0.2) is 16.3 Å². The largest absolute Gasteiger partial charge is 0.298 e. The molecule has 0 saturated heterocycles. The Bertz CT molecular complexity index is 623. The number of hydrogen-bond acceptors (Lipinski definition) is 3. The molecule has 0 atom stereocenters. The highest BCUT2D eigenvalue weighted by molar-refractivity contribution is 6.32. The molecule has 0 saturated carbocycles. The molecule has 92 valence electrons. The molecule has 0 aliphatic heterocycles. The van der Waals surface area contributed by atoms with Gasteiger partial charge in [0.2, 0.25) is 0 Å². The van der Waals surface area contributed by atoms with Crippen LogP contribution < -0.4 is 0 Å². The summed E-state index contributed by atoms with van der Waals surface area (Å²) in [4.78, 5) is 19.5. The number of carbonyl (C=O) groups excluding carboxylic acids is 1. The molecule has 0 amide bonds. The maximum Gasteiger partial charge on any atom is 0.155 e. The molecule has 2 aromatic rings. The number of rotatable bonds is 2. The Balaban J connectivity index is 2.77. The number of hydrogen-bond donors (Lipinski definition) is 0. The minimum Gasteiger partial charge on any atom is -0.298 e. The lowest BCUT2D eigenvalue weighted by Gasteiger charge is -2.10. The van der Waals surface area contributed by atoms with Crippen LogP contribution in [0.25, 0.3) is 11.3 Å². The van der Waals surface area contributed by atoms with E-state index in [1.807, 2.05) is 32.0 Å². The van der Waals surface area contributed by atoms with Crippen molar-refractivity contribution in [2.24, 2.45) is 0 Å². The molecule has 4 heteroatoms. The van der Waals surface area contributed by atoms with E-state index in [0.717, 1.165) is 16.7 Å². The molecular formula is C14H13ClN2O. The summed E-state index contributed by atoms with van der Waals surface area (Å²) in [5.74, 6) is 0.557. The fraction of sp³-hybridized carbons (Fsp3) is 0.214. The normalized spacial score (nSPS) is 10.4. The molecule has 0 aliphatic rings. The molecule has 0 unspecified atom stereocenters. The molecular weight excluding hydrogens is 248 g/mol. The van der Waals surface area contributed by atoms with Gasteiger partial charge in [0.05, 0.1) is 11.3 Å². The summed E-state index contributed by atoms with van der Waals surface area (Å²) in [5.41, 5.74) is 4.03. The van der Waals surface area contributed by atoms with Gasteiger partial charge in [0.25, 0.3) is 0 Å². The van der Waals surface area contributed by atoms with Crippen molar-refractivity contribution in [1.29, 1.82) is 0 Å². The van der Waals surface area contributed by atoms with E-state index in [-0.39, 0.29) is 5.15 Å². The van der Waals surface area contributed by atoms with Gasteiger partial charge in [-0.25, -0.2) is 9.97 Å². The maximum atomic E-state index is 11.2. The third-order valence-corrected chi connectivity index (χ3v) is 3.07. The van der Waals surface area contributed by atoms with Crippen molar-refractivity contribution < 1.29 is 4.79 Å². The number of aldehydes is 1. The highest BCUT2D eigenvalue weighted by Crippen LogP contribution is 2.28. The smallest absolute Gasteiger partial charge is 0.155 e. The van der Waals surface area contributed by atoms with Crippen LogP contribution in [0.4, 0.5) is 0 Å². The summed E-state index contributed by atoms with van der Waals surface area (Å²) in [7, 11) is 0. The van der Waals surface area contributed by atoms with Gasteiger partial charge in [-0.1, -0.05) is 29.3 Å². The first-order valence-electron chi connectivity index (χ1n) is 5.60. The number of nitrogens with zero attached hydrogens (tertiary/aromatic N) is 2. The summed E-state index contributed by atoms with van der Waals surface area (Å²) >= 11 is 5.99. The van der Waals surface area contributed by atoms with Gasteiger partial charge in [0, 0.05) is 5.56 Å². The molecule has 3 nitrogen and oxygen atoms in total. The Morgan fingerprint density at radius 1 is 1.17 bits per heavy atom. The Hall–Kier alpha value is -1.74. The van der Waals surface area contributed by atoms with E-state index in [9.17, 15) is 4.79 Å². The van der Waals surface area contributed by atoms with Crippen molar-refractivity contribution >= 4 is 17.9 Å². The molecule has 0 N–H and O–H groups in total. The summed E-state index contributed by atoms with van der Waals surface area (Å²) in [5, 5.41) is 0.202. The number of benzene rings is 1. The highest BCUT2D eigenvalue weighted by atomic mass is 35.5. The lowest BCUT2D eigenvalue weighted by atomic mass is 10.00. The van der Waals surface area contributed by atoms with Crippen LogP contribution >= 0.6 is 11.6 Å². The van der Waals surface area contributed by atoms with Gasteiger partial charge in [0.1, 0.15) is 11.0 Å². The van der Waals surface area contributed by atoms with Crippen LogP contribution in [0.1, 0.15) is 27.3 Å². The topological polar surface area (TPSA) is 42.9 Å². The molecule has 0 spiro atoms. The fourth-order valence-electron chi connectivity index (χ4n) is 1.85. The van der Waals surface area contributed by atoms with Crippen LogP contribution in [0.15, 0.2) is 18.2 Å². The van der Waals surface area contributed by atoms with Gasteiger partial charge < -0.3 is 0 Å². The lowest BCUT2D eigenvalue weighted by molar-refractivity contribution is 0.112. The molecule has 18 heavy (non-hydrogen) atoms.